The summed E-state index contributed by atoms with van der Waals surface area (Å²) in [7, 11) is 0. The SMILES string of the molecule is CC(OCC1CCCCO1)C(=O)NC(c1ccccc1)C(C)C(=O)O. The second-order valence-electron chi connectivity index (χ2n) is 6.49. The fourth-order valence-corrected chi connectivity index (χ4v) is 2.84. The van der Waals surface area contributed by atoms with Gasteiger partial charge in [-0.25, -0.2) is 0 Å². The maximum atomic E-state index is 12.5. The molecule has 6 heteroatoms. The Bertz CT molecular complexity index is 556. The molecule has 25 heavy (non-hydrogen) atoms. The van der Waals surface area contributed by atoms with Crippen LogP contribution in [0.3, 0.4) is 0 Å². The van der Waals surface area contributed by atoms with E-state index in [-0.39, 0.29) is 12.0 Å². The second-order valence-corrected chi connectivity index (χ2v) is 6.49. The maximum Gasteiger partial charge on any atom is 0.308 e. The van der Waals surface area contributed by atoms with Crippen LogP contribution in [-0.2, 0) is 19.1 Å². The van der Waals surface area contributed by atoms with Gasteiger partial charge in [0.05, 0.1) is 24.7 Å². The van der Waals surface area contributed by atoms with E-state index in [1.54, 1.807) is 13.8 Å². The molecule has 0 bridgehead atoms. The summed E-state index contributed by atoms with van der Waals surface area (Å²) in [5.74, 6) is -2.03. The van der Waals surface area contributed by atoms with Crippen LogP contribution in [0.15, 0.2) is 30.3 Å². The molecule has 0 spiro atoms. The van der Waals surface area contributed by atoms with Gasteiger partial charge in [-0.2, -0.15) is 0 Å². The minimum atomic E-state index is -0.960. The van der Waals surface area contributed by atoms with Gasteiger partial charge in [0.15, 0.2) is 0 Å². The molecule has 1 saturated heterocycles. The Morgan fingerprint density at radius 3 is 2.60 bits per heavy atom. The third kappa shape index (κ3) is 5.83. The van der Waals surface area contributed by atoms with E-state index in [1.807, 2.05) is 30.3 Å². The van der Waals surface area contributed by atoms with Gasteiger partial charge in [-0.05, 0) is 38.7 Å². The number of nitrogens with one attached hydrogen (secondary N) is 1. The summed E-state index contributed by atoms with van der Waals surface area (Å²) in [6, 6.07) is 8.51. The number of carbonyl (C=O) groups is 2. The van der Waals surface area contributed by atoms with E-state index in [0.717, 1.165) is 31.4 Å². The minimum absolute atomic E-state index is 0.0341. The lowest BCUT2D eigenvalue weighted by molar-refractivity contribution is -0.143. The molecule has 1 amide bonds. The fraction of sp³-hybridized carbons (Fsp3) is 0.579. The van der Waals surface area contributed by atoms with Gasteiger partial charge in [-0.3, -0.25) is 9.59 Å². The molecule has 2 rings (SSSR count). The van der Waals surface area contributed by atoms with Crippen LogP contribution >= 0.6 is 0 Å². The Balaban J connectivity index is 1.94. The lowest BCUT2D eigenvalue weighted by Gasteiger charge is -2.26. The number of carbonyl (C=O) groups excluding carboxylic acids is 1. The highest BCUT2D eigenvalue weighted by Crippen LogP contribution is 2.22. The quantitative estimate of drug-likeness (QED) is 0.753. The first kappa shape index (κ1) is 19.4. The van der Waals surface area contributed by atoms with Gasteiger partial charge < -0.3 is 19.9 Å². The molecule has 1 aliphatic rings. The van der Waals surface area contributed by atoms with Crippen molar-refractivity contribution in [2.75, 3.05) is 13.2 Å². The van der Waals surface area contributed by atoms with E-state index in [0.29, 0.717) is 6.61 Å². The molecule has 2 N–H and O–H groups in total. The summed E-state index contributed by atoms with van der Waals surface area (Å²) in [5, 5.41) is 12.2. The van der Waals surface area contributed by atoms with Crippen LogP contribution in [0.1, 0.15) is 44.7 Å². The van der Waals surface area contributed by atoms with Gasteiger partial charge in [0.2, 0.25) is 5.91 Å². The highest BCUT2D eigenvalue weighted by molar-refractivity contribution is 5.82. The number of benzene rings is 1. The summed E-state index contributed by atoms with van der Waals surface area (Å²) in [4.78, 5) is 23.9. The van der Waals surface area contributed by atoms with Gasteiger partial charge in [-0.15, -0.1) is 0 Å². The van der Waals surface area contributed by atoms with Gasteiger partial charge in [-0.1, -0.05) is 30.3 Å². The molecule has 6 nitrogen and oxygen atoms in total. The van der Waals surface area contributed by atoms with Crippen molar-refractivity contribution >= 4 is 11.9 Å². The predicted octanol–water partition coefficient (Wildman–Crippen LogP) is 2.54. The molecule has 0 saturated carbocycles. The topological polar surface area (TPSA) is 84.9 Å². The maximum absolute atomic E-state index is 12.5. The zero-order valence-electron chi connectivity index (χ0n) is 14.8. The average molecular weight is 349 g/mol. The minimum Gasteiger partial charge on any atom is -0.481 e. The monoisotopic (exact) mass is 349 g/mol. The van der Waals surface area contributed by atoms with Crippen LogP contribution in [-0.4, -0.2) is 42.4 Å². The molecule has 4 unspecified atom stereocenters. The van der Waals surface area contributed by atoms with Gasteiger partial charge >= 0.3 is 5.97 Å². The standard InChI is InChI=1S/C19H27NO5/c1-13(19(22)23)17(15-8-4-3-5-9-15)20-18(21)14(2)25-12-16-10-6-7-11-24-16/h3-5,8-9,13-14,16-17H,6-7,10-12H2,1-2H3,(H,20,21)(H,22,23). The predicted molar refractivity (Wildman–Crippen MR) is 93.1 cm³/mol. The third-order valence-electron chi connectivity index (χ3n) is 4.52. The van der Waals surface area contributed by atoms with Gasteiger partial charge in [0.1, 0.15) is 6.10 Å². The van der Waals surface area contributed by atoms with Crippen LogP contribution < -0.4 is 5.32 Å². The van der Waals surface area contributed by atoms with E-state index in [1.165, 1.54) is 0 Å². The Kier molecular flexibility index (Phi) is 7.40. The summed E-state index contributed by atoms with van der Waals surface area (Å²) >= 11 is 0. The van der Waals surface area contributed by atoms with E-state index in [2.05, 4.69) is 5.32 Å². The number of carboxylic acids is 1. The van der Waals surface area contributed by atoms with E-state index in [4.69, 9.17) is 9.47 Å². The molecule has 0 radical (unpaired) electrons. The van der Waals surface area contributed by atoms with Crippen molar-refractivity contribution in [3.63, 3.8) is 0 Å². The van der Waals surface area contributed by atoms with Crippen molar-refractivity contribution in [3.8, 4) is 0 Å². The number of hydrogen-bond donors (Lipinski definition) is 2. The molecule has 4 atom stereocenters. The molecule has 0 aromatic heterocycles. The lowest BCUT2D eigenvalue weighted by atomic mass is 9.94. The van der Waals surface area contributed by atoms with Crippen molar-refractivity contribution in [3.05, 3.63) is 35.9 Å². The molecule has 1 heterocycles. The second kappa shape index (κ2) is 9.53. The average Bonchev–Trinajstić information content (AvgIpc) is 2.64. The molecular formula is C19H27NO5. The van der Waals surface area contributed by atoms with E-state index in [9.17, 15) is 14.7 Å². The van der Waals surface area contributed by atoms with Crippen molar-refractivity contribution in [2.24, 2.45) is 5.92 Å². The van der Waals surface area contributed by atoms with Crippen LogP contribution in [0, 0.1) is 5.92 Å². The summed E-state index contributed by atoms with van der Waals surface area (Å²) in [6.45, 7) is 4.37. The van der Waals surface area contributed by atoms with E-state index >= 15 is 0 Å². The zero-order valence-corrected chi connectivity index (χ0v) is 14.8. The van der Waals surface area contributed by atoms with Gasteiger partial charge in [0, 0.05) is 6.61 Å². The number of ether oxygens (including phenoxy) is 2. The molecule has 1 aromatic rings. The van der Waals surface area contributed by atoms with Gasteiger partial charge in [0.25, 0.3) is 0 Å². The molecule has 1 aromatic carbocycles. The highest BCUT2D eigenvalue weighted by Gasteiger charge is 2.28. The number of rotatable bonds is 8. The smallest absolute Gasteiger partial charge is 0.308 e. The van der Waals surface area contributed by atoms with Crippen molar-refractivity contribution in [2.45, 2.75) is 51.4 Å². The Morgan fingerprint density at radius 1 is 1.28 bits per heavy atom. The molecule has 1 fully saturated rings. The zero-order chi connectivity index (χ0) is 18.2. The summed E-state index contributed by atoms with van der Waals surface area (Å²) in [5.41, 5.74) is 0.758. The fourth-order valence-electron chi connectivity index (χ4n) is 2.84. The first-order valence-electron chi connectivity index (χ1n) is 8.80. The molecule has 1 aliphatic heterocycles. The van der Waals surface area contributed by atoms with Crippen molar-refractivity contribution < 1.29 is 24.2 Å². The molecule has 0 aliphatic carbocycles. The number of hydrogen-bond acceptors (Lipinski definition) is 4. The first-order chi connectivity index (χ1) is 12.0. The summed E-state index contributed by atoms with van der Waals surface area (Å²) in [6.07, 6.45) is 2.49. The lowest BCUT2D eigenvalue weighted by Crippen LogP contribution is -2.42. The molecular weight excluding hydrogens is 322 g/mol. The number of aliphatic carboxylic acids is 1. The van der Waals surface area contributed by atoms with E-state index < -0.39 is 24.0 Å². The van der Waals surface area contributed by atoms with Crippen LogP contribution in [0.2, 0.25) is 0 Å². The first-order valence-corrected chi connectivity index (χ1v) is 8.80. The third-order valence-corrected chi connectivity index (χ3v) is 4.52. The largest absolute Gasteiger partial charge is 0.481 e. The van der Waals surface area contributed by atoms with Crippen LogP contribution in [0.5, 0.6) is 0 Å². The number of carboxylic acid groups (broad SMARTS) is 1. The van der Waals surface area contributed by atoms with Crippen molar-refractivity contribution in [1.82, 2.24) is 5.32 Å². The number of amides is 1. The van der Waals surface area contributed by atoms with Crippen LogP contribution in [0.4, 0.5) is 0 Å². The van der Waals surface area contributed by atoms with Crippen LogP contribution in [0.25, 0.3) is 0 Å². The Hall–Kier alpha value is -1.92. The highest BCUT2D eigenvalue weighted by atomic mass is 16.5. The Morgan fingerprint density at radius 2 is 2.00 bits per heavy atom. The Labute approximate surface area is 148 Å². The summed E-state index contributed by atoms with van der Waals surface area (Å²) < 4.78 is 11.2. The van der Waals surface area contributed by atoms with Crippen molar-refractivity contribution in [1.29, 1.82) is 0 Å². The molecule has 138 valence electrons. The normalized spacial score (nSPS) is 21.1.